The first-order valence-corrected chi connectivity index (χ1v) is 14.9. The third-order valence-electron chi connectivity index (χ3n) is 6.44. The smallest absolute Gasteiger partial charge is 0.242 e. The van der Waals surface area contributed by atoms with Gasteiger partial charge in [0.25, 0.3) is 0 Å². The fourth-order valence-corrected chi connectivity index (χ4v) is 5.65. The van der Waals surface area contributed by atoms with E-state index in [-0.39, 0.29) is 18.1 Å². The lowest BCUT2D eigenvalue weighted by Crippen LogP contribution is -2.44. The number of carbonyl (C=O) groups is 3. The highest BCUT2D eigenvalue weighted by atomic mass is 79.9. The first-order chi connectivity index (χ1) is 18.8. The highest BCUT2D eigenvalue weighted by Crippen LogP contribution is 2.43. The molecule has 2 N–H and O–H groups in total. The summed E-state index contributed by atoms with van der Waals surface area (Å²) in [6.45, 7) is 10.1. The molecule has 2 amide bonds. The third kappa shape index (κ3) is 10.8. The zero-order chi connectivity index (χ0) is 29.3. The van der Waals surface area contributed by atoms with Crippen molar-refractivity contribution in [3.05, 3.63) is 56.2 Å². The molecule has 2 aromatic rings. The second-order valence-corrected chi connectivity index (χ2v) is 10.9. The number of nitrogens with one attached hydrogen (secondary N) is 2. The molecule has 0 radical (unpaired) electrons. The van der Waals surface area contributed by atoms with Gasteiger partial charge in [-0.05, 0) is 44.5 Å². The summed E-state index contributed by atoms with van der Waals surface area (Å²) in [5, 5.41) is 15.7. The summed E-state index contributed by atoms with van der Waals surface area (Å²) in [7, 11) is 1.89. The maximum atomic E-state index is 12.0. The number of carbonyl (C=O) groups excluding carboxylic acids is 3. The quantitative estimate of drug-likeness (QED) is 0.428. The number of aryl methyl sites for hydroxylation is 1. The van der Waals surface area contributed by atoms with E-state index in [1.54, 1.807) is 11.3 Å². The van der Waals surface area contributed by atoms with Crippen LogP contribution in [0, 0.1) is 24.2 Å². The van der Waals surface area contributed by atoms with E-state index in [2.05, 4.69) is 58.6 Å². The van der Waals surface area contributed by atoms with Crippen molar-refractivity contribution in [3.8, 4) is 6.07 Å². The Labute approximate surface area is 245 Å². The Kier molecular flexibility index (Phi) is 16.5. The first kappa shape index (κ1) is 34.4. The van der Waals surface area contributed by atoms with E-state index in [1.807, 2.05) is 44.5 Å². The second-order valence-electron chi connectivity index (χ2n) is 8.97. The van der Waals surface area contributed by atoms with Crippen LogP contribution in [0.4, 0.5) is 0 Å². The normalized spacial score (nSPS) is 20.8. The number of halogens is 1. The van der Waals surface area contributed by atoms with Crippen LogP contribution >= 0.6 is 27.3 Å². The van der Waals surface area contributed by atoms with Gasteiger partial charge in [-0.3, -0.25) is 9.59 Å². The molecule has 3 atom stereocenters. The average molecular weight is 622 g/mol. The lowest BCUT2D eigenvalue weighted by Gasteiger charge is -2.29. The number of nitriles is 1. The molecule has 214 valence electrons. The molecule has 8 nitrogen and oxygen atoms in total. The number of benzene rings is 1. The van der Waals surface area contributed by atoms with Crippen LogP contribution in [-0.4, -0.2) is 61.9 Å². The first-order valence-electron chi connectivity index (χ1n) is 13.2. The zero-order valence-electron chi connectivity index (χ0n) is 23.5. The summed E-state index contributed by atoms with van der Waals surface area (Å²) >= 11 is 4.96. The summed E-state index contributed by atoms with van der Waals surface area (Å²) in [6.07, 6.45) is 3.83. The summed E-state index contributed by atoms with van der Waals surface area (Å²) in [6, 6.07) is 11.8. The van der Waals surface area contributed by atoms with Crippen LogP contribution in [0.5, 0.6) is 0 Å². The van der Waals surface area contributed by atoms with Crippen LogP contribution in [0.1, 0.15) is 56.0 Å². The Morgan fingerprint density at radius 1 is 1.31 bits per heavy atom. The number of hydrogen-bond donors (Lipinski definition) is 2. The molecule has 2 saturated heterocycles. The van der Waals surface area contributed by atoms with E-state index in [4.69, 9.17) is 10.00 Å². The Balaban J connectivity index is 0.000000318. The maximum Gasteiger partial charge on any atom is 0.242 e. The van der Waals surface area contributed by atoms with Gasteiger partial charge in [-0.15, -0.1) is 11.3 Å². The van der Waals surface area contributed by atoms with Gasteiger partial charge in [-0.1, -0.05) is 60.8 Å². The second kappa shape index (κ2) is 18.7. The minimum Gasteiger partial charge on any atom is -0.373 e. The van der Waals surface area contributed by atoms with E-state index < -0.39 is 6.04 Å². The van der Waals surface area contributed by atoms with Crippen LogP contribution < -0.4 is 10.6 Å². The minimum atomic E-state index is -0.437. The van der Waals surface area contributed by atoms with Gasteiger partial charge in [0.15, 0.2) is 0 Å². The van der Waals surface area contributed by atoms with Crippen molar-refractivity contribution < 1.29 is 19.1 Å². The topological polar surface area (TPSA) is 112 Å². The van der Waals surface area contributed by atoms with Gasteiger partial charge in [0, 0.05) is 34.3 Å². The molecule has 2 aliphatic rings. The summed E-state index contributed by atoms with van der Waals surface area (Å²) in [5.41, 5.74) is 1.69. The SMILES string of the molecule is CC.CCC1CCOC12CC(C=O)N(C(=O)CNC=O)C2.CNCc1cc(C#N)cs1.Cc1ccc(Br)cc1. The van der Waals surface area contributed by atoms with Crippen LogP contribution in [0.25, 0.3) is 0 Å². The van der Waals surface area contributed by atoms with Gasteiger partial charge < -0.3 is 25.1 Å². The molecule has 0 aliphatic carbocycles. The van der Waals surface area contributed by atoms with Gasteiger partial charge in [-0.2, -0.15) is 5.26 Å². The third-order valence-corrected chi connectivity index (χ3v) is 7.91. The van der Waals surface area contributed by atoms with Crippen molar-refractivity contribution in [3.63, 3.8) is 0 Å². The van der Waals surface area contributed by atoms with Gasteiger partial charge in [-0.25, -0.2) is 0 Å². The predicted octanol–water partition coefficient (Wildman–Crippen LogP) is 4.84. The van der Waals surface area contributed by atoms with Crippen LogP contribution in [0.2, 0.25) is 0 Å². The molecule has 3 unspecified atom stereocenters. The van der Waals surface area contributed by atoms with Crippen molar-refractivity contribution in [1.29, 1.82) is 5.26 Å². The van der Waals surface area contributed by atoms with E-state index in [9.17, 15) is 14.4 Å². The standard InChI is InChI=1S/C13H20N2O4.C7H7Br.C7H8N2S.C2H6/c1-2-10-3-4-19-13(10)5-11(7-16)15(8-13)12(18)6-14-9-17;1-6-2-4-7(8)5-3-6;1-9-4-7-2-6(3-8)5-10-7;1-2/h7,9-11H,2-6,8H2,1H3,(H,14,17);2-5H,1H3;2,5,9H,4H2,1H3;1-2H3. The lowest BCUT2D eigenvalue weighted by atomic mass is 9.83. The van der Waals surface area contributed by atoms with Crippen LogP contribution in [-0.2, 0) is 25.7 Å². The van der Waals surface area contributed by atoms with Gasteiger partial charge >= 0.3 is 0 Å². The fourth-order valence-electron chi connectivity index (χ4n) is 4.56. The van der Waals surface area contributed by atoms with Crippen LogP contribution in [0.3, 0.4) is 0 Å². The van der Waals surface area contributed by atoms with E-state index in [0.29, 0.717) is 31.9 Å². The van der Waals surface area contributed by atoms with E-state index >= 15 is 0 Å². The van der Waals surface area contributed by atoms with Gasteiger partial charge in [0.05, 0.1) is 30.3 Å². The molecule has 0 bridgehead atoms. The van der Waals surface area contributed by atoms with Gasteiger partial charge in [0.2, 0.25) is 12.3 Å². The molecule has 10 heteroatoms. The molecular weight excluding hydrogens is 580 g/mol. The number of hydrogen-bond acceptors (Lipinski definition) is 7. The molecule has 1 aromatic heterocycles. The Morgan fingerprint density at radius 3 is 2.51 bits per heavy atom. The molecule has 0 saturated carbocycles. The van der Waals surface area contributed by atoms with Crippen LogP contribution in [0.15, 0.2) is 40.2 Å². The number of likely N-dealkylation sites (tertiary alicyclic amines) is 1. The highest BCUT2D eigenvalue weighted by molar-refractivity contribution is 9.10. The van der Waals surface area contributed by atoms with E-state index in [0.717, 1.165) is 35.7 Å². The number of rotatable bonds is 7. The summed E-state index contributed by atoms with van der Waals surface area (Å²) in [4.78, 5) is 36.2. The molecule has 39 heavy (non-hydrogen) atoms. The number of aldehydes is 1. The lowest BCUT2D eigenvalue weighted by molar-refractivity contribution is -0.135. The van der Waals surface area contributed by atoms with Crippen molar-refractivity contribution in [1.82, 2.24) is 15.5 Å². The molecule has 1 aromatic carbocycles. The average Bonchev–Trinajstić information content (AvgIpc) is 3.69. The largest absolute Gasteiger partial charge is 0.373 e. The molecule has 2 aliphatic heterocycles. The molecular formula is C29H41BrN4O4S. The number of amides is 2. The Morgan fingerprint density at radius 2 is 2.00 bits per heavy atom. The molecule has 4 rings (SSSR count). The minimum absolute atomic E-state index is 0.0687. The molecule has 1 spiro atoms. The number of thiophene rings is 1. The van der Waals surface area contributed by atoms with Crippen molar-refractivity contribution in [2.24, 2.45) is 5.92 Å². The van der Waals surface area contributed by atoms with Crippen molar-refractivity contribution >= 4 is 45.9 Å². The predicted molar refractivity (Wildman–Crippen MR) is 159 cm³/mol. The van der Waals surface area contributed by atoms with Crippen molar-refractivity contribution in [2.45, 2.75) is 65.1 Å². The Bertz CT molecular complexity index is 1040. The highest BCUT2D eigenvalue weighted by Gasteiger charge is 2.53. The summed E-state index contributed by atoms with van der Waals surface area (Å²) in [5.74, 6) is 0.165. The number of ether oxygens (including phenoxy) is 1. The fraction of sp³-hybridized carbons (Fsp3) is 0.517. The molecule has 2 fully saturated rings. The maximum absolute atomic E-state index is 12.0. The monoisotopic (exact) mass is 620 g/mol. The van der Waals surface area contributed by atoms with E-state index in [1.165, 1.54) is 15.3 Å². The van der Waals surface area contributed by atoms with Crippen molar-refractivity contribution in [2.75, 3.05) is 26.7 Å². The molecule has 3 heterocycles. The van der Waals surface area contributed by atoms with Gasteiger partial charge in [0.1, 0.15) is 12.4 Å². The number of nitrogens with zero attached hydrogens (tertiary/aromatic N) is 2. The Hall–Kier alpha value is -2.58. The summed E-state index contributed by atoms with van der Waals surface area (Å²) < 4.78 is 7.02. The zero-order valence-corrected chi connectivity index (χ0v) is 25.9.